The molecular formula is C30H27N3O4. The van der Waals surface area contributed by atoms with Crippen molar-refractivity contribution < 1.29 is 18.8 Å². The zero-order valence-electron chi connectivity index (χ0n) is 20.4. The summed E-state index contributed by atoms with van der Waals surface area (Å²) in [6.45, 7) is 2.10. The Morgan fingerprint density at radius 3 is 2.19 bits per heavy atom. The van der Waals surface area contributed by atoms with Crippen LogP contribution in [0.2, 0.25) is 0 Å². The SMILES string of the molecule is O=C(c1cccc2ccccc12)N1CCN(C(=O)C2Cc3ccccc3CN2C(=O)c2ccco2)CC1. The van der Waals surface area contributed by atoms with Gasteiger partial charge < -0.3 is 19.1 Å². The minimum atomic E-state index is -0.618. The summed E-state index contributed by atoms with van der Waals surface area (Å²) >= 11 is 0. The van der Waals surface area contributed by atoms with E-state index < -0.39 is 6.04 Å². The lowest BCUT2D eigenvalue weighted by Gasteiger charge is -2.41. The fraction of sp³-hybridized carbons (Fsp3) is 0.233. The zero-order chi connectivity index (χ0) is 25.4. The molecule has 3 amide bonds. The Morgan fingerprint density at radius 1 is 0.703 bits per heavy atom. The van der Waals surface area contributed by atoms with Gasteiger partial charge in [-0.25, -0.2) is 0 Å². The predicted octanol–water partition coefficient (Wildman–Crippen LogP) is 3.98. The number of nitrogens with zero attached hydrogens (tertiary/aromatic N) is 3. The lowest BCUT2D eigenvalue weighted by molar-refractivity contribution is -0.138. The molecule has 1 unspecified atom stereocenters. The Labute approximate surface area is 214 Å². The largest absolute Gasteiger partial charge is 0.459 e. The molecule has 6 rings (SSSR count). The molecule has 7 heteroatoms. The van der Waals surface area contributed by atoms with Gasteiger partial charge in [0.1, 0.15) is 6.04 Å². The van der Waals surface area contributed by atoms with Crippen LogP contribution in [0.25, 0.3) is 10.8 Å². The highest BCUT2D eigenvalue weighted by Gasteiger charge is 2.39. The van der Waals surface area contributed by atoms with E-state index in [2.05, 4.69) is 0 Å². The summed E-state index contributed by atoms with van der Waals surface area (Å²) < 4.78 is 5.36. The fourth-order valence-corrected chi connectivity index (χ4v) is 5.42. The van der Waals surface area contributed by atoms with Gasteiger partial charge in [-0.15, -0.1) is 0 Å². The van der Waals surface area contributed by atoms with Crippen LogP contribution in [-0.4, -0.2) is 64.6 Å². The van der Waals surface area contributed by atoms with Gasteiger partial charge in [-0.05, 0) is 40.1 Å². The van der Waals surface area contributed by atoms with Gasteiger partial charge >= 0.3 is 0 Å². The van der Waals surface area contributed by atoms with Crippen LogP contribution in [0.3, 0.4) is 0 Å². The highest BCUT2D eigenvalue weighted by molar-refractivity contribution is 6.07. The monoisotopic (exact) mass is 493 g/mol. The third-order valence-corrected chi connectivity index (χ3v) is 7.43. The van der Waals surface area contributed by atoms with Gasteiger partial charge in [0, 0.05) is 44.7 Å². The van der Waals surface area contributed by atoms with Gasteiger partial charge in [0.15, 0.2) is 5.76 Å². The van der Waals surface area contributed by atoms with Crippen molar-refractivity contribution in [1.82, 2.24) is 14.7 Å². The Bertz CT molecular complexity index is 1470. The number of rotatable bonds is 3. The van der Waals surface area contributed by atoms with Crippen LogP contribution in [0.15, 0.2) is 89.5 Å². The van der Waals surface area contributed by atoms with E-state index in [0.29, 0.717) is 44.7 Å². The maximum absolute atomic E-state index is 13.8. The Balaban J connectivity index is 1.19. The number of amides is 3. The quantitative estimate of drug-likeness (QED) is 0.433. The summed E-state index contributed by atoms with van der Waals surface area (Å²) in [4.78, 5) is 45.6. The molecule has 7 nitrogen and oxygen atoms in total. The molecule has 186 valence electrons. The minimum absolute atomic E-state index is 0.0230. The van der Waals surface area contributed by atoms with Crippen molar-refractivity contribution in [2.24, 2.45) is 0 Å². The van der Waals surface area contributed by atoms with E-state index in [1.54, 1.807) is 21.9 Å². The van der Waals surface area contributed by atoms with E-state index in [9.17, 15) is 14.4 Å². The number of carbonyl (C=O) groups excluding carboxylic acids is 3. The number of benzene rings is 3. The van der Waals surface area contributed by atoms with Gasteiger partial charge in [0.25, 0.3) is 11.8 Å². The van der Waals surface area contributed by atoms with Crippen LogP contribution < -0.4 is 0 Å². The summed E-state index contributed by atoms with van der Waals surface area (Å²) in [7, 11) is 0. The molecule has 1 aromatic heterocycles. The average molecular weight is 494 g/mol. The first kappa shape index (κ1) is 23.0. The third-order valence-electron chi connectivity index (χ3n) is 7.43. The smallest absolute Gasteiger partial charge is 0.290 e. The van der Waals surface area contributed by atoms with Crippen LogP contribution in [0, 0.1) is 0 Å². The summed E-state index contributed by atoms with van der Waals surface area (Å²) in [6.07, 6.45) is 1.92. The zero-order valence-corrected chi connectivity index (χ0v) is 20.4. The van der Waals surface area contributed by atoms with Gasteiger partial charge in [0.05, 0.1) is 6.26 Å². The average Bonchev–Trinajstić information content (AvgIpc) is 3.50. The second kappa shape index (κ2) is 9.58. The first-order chi connectivity index (χ1) is 18.1. The molecule has 1 atom stereocenters. The number of carbonyl (C=O) groups is 3. The second-order valence-corrected chi connectivity index (χ2v) is 9.54. The predicted molar refractivity (Wildman–Crippen MR) is 139 cm³/mol. The first-order valence-corrected chi connectivity index (χ1v) is 12.6. The molecule has 3 aromatic carbocycles. The van der Waals surface area contributed by atoms with Gasteiger partial charge in [-0.1, -0.05) is 60.7 Å². The second-order valence-electron chi connectivity index (χ2n) is 9.54. The molecule has 0 aliphatic carbocycles. The fourth-order valence-electron chi connectivity index (χ4n) is 5.42. The van der Waals surface area contributed by atoms with E-state index in [0.717, 1.165) is 21.9 Å². The maximum atomic E-state index is 13.8. The number of hydrogen-bond acceptors (Lipinski definition) is 4. The minimum Gasteiger partial charge on any atom is -0.459 e. The molecule has 2 aliphatic heterocycles. The van der Waals surface area contributed by atoms with Crippen molar-refractivity contribution in [3.05, 3.63) is 108 Å². The van der Waals surface area contributed by atoms with Crippen molar-refractivity contribution in [2.75, 3.05) is 26.2 Å². The lowest BCUT2D eigenvalue weighted by atomic mass is 9.92. The Kier molecular flexibility index (Phi) is 5.96. The molecule has 0 N–H and O–H groups in total. The van der Waals surface area contributed by atoms with Crippen molar-refractivity contribution in [2.45, 2.75) is 19.0 Å². The number of furan rings is 1. The standard InChI is InChI=1S/C30H27N3O4/c34-28(25-12-5-10-21-7-3-4-11-24(21)25)31-14-16-32(17-15-31)29(35)26-19-22-8-1-2-9-23(22)20-33(26)30(36)27-13-6-18-37-27/h1-13,18,26H,14-17,19-20H2. The molecule has 4 aromatic rings. The van der Waals surface area contributed by atoms with Crippen molar-refractivity contribution in [3.8, 4) is 0 Å². The van der Waals surface area contributed by atoms with E-state index in [1.807, 2.05) is 71.6 Å². The summed E-state index contributed by atoms with van der Waals surface area (Å²) in [6, 6.07) is 24.2. The topological polar surface area (TPSA) is 74.1 Å². The molecule has 37 heavy (non-hydrogen) atoms. The number of hydrogen-bond donors (Lipinski definition) is 0. The van der Waals surface area contributed by atoms with Gasteiger partial charge in [-0.3, -0.25) is 14.4 Å². The van der Waals surface area contributed by atoms with E-state index in [-0.39, 0.29) is 23.5 Å². The van der Waals surface area contributed by atoms with Crippen molar-refractivity contribution in [1.29, 1.82) is 0 Å². The first-order valence-electron chi connectivity index (χ1n) is 12.6. The molecule has 2 aliphatic rings. The lowest BCUT2D eigenvalue weighted by Crippen LogP contribution is -2.58. The van der Waals surface area contributed by atoms with Crippen molar-refractivity contribution in [3.63, 3.8) is 0 Å². The maximum Gasteiger partial charge on any atom is 0.290 e. The van der Waals surface area contributed by atoms with Crippen LogP contribution >= 0.6 is 0 Å². The van der Waals surface area contributed by atoms with Crippen molar-refractivity contribution >= 4 is 28.5 Å². The highest BCUT2D eigenvalue weighted by Crippen LogP contribution is 2.27. The molecule has 0 radical (unpaired) electrons. The van der Waals surface area contributed by atoms with E-state index >= 15 is 0 Å². The third kappa shape index (κ3) is 4.27. The summed E-state index contributed by atoms with van der Waals surface area (Å²) in [5.74, 6) is -0.179. The van der Waals surface area contributed by atoms with Crippen LogP contribution in [0.5, 0.6) is 0 Å². The van der Waals surface area contributed by atoms with Crippen LogP contribution in [0.4, 0.5) is 0 Å². The van der Waals surface area contributed by atoms with E-state index in [1.165, 1.54) is 6.26 Å². The summed E-state index contributed by atoms with van der Waals surface area (Å²) in [5, 5.41) is 1.96. The van der Waals surface area contributed by atoms with Crippen LogP contribution in [0.1, 0.15) is 32.0 Å². The number of piperazine rings is 1. The molecule has 0 bridgehead atoms. The number of fused-ring (bicyclic) bond motifs is 2. The molecule has 0 saturated carbocycles. The van der Waals surface area contributed by atoms with Gasteiger partial charge in [0.2, 0.25) is 5.91 Å². The van der Waals surface area contributed by atoms with Gasteiger partial charge in [-0.2, -0.15) is 0 Å². The van der Waals surface area contributed by atoms with Crippen LogP contribution in [-0.2, 0) is 17.8 Å². The molecule has 1 saturated heterocycles. The van der Waals surface area contributed by atoms with E-state index in [4.69, 9.17) is 4.42 Å². The Hall–Kier alpha value is -4.39. The molecular weight excluding hydrogens is 466 g/mol. The molecule has 3 heterocycles. The molecule has 1 fully saturated rings. The Morgan fingerprint density at radius 2 is 1.41 bits per heavy atom. The molecule has 0 spiro atoms. The normalized spacial score (nSPS) is 17.5. The highest BCUT2D eigenvalue weighted by atomic mass is 16.3. The summed E-state index contributed by atoms with van der Waals surface area (Å²) in [5.41, 5.74) is 2.79.